The predicted molar refractivity (Wildman–Crippen MR) is 138 cm³/mol. The molecule has 0 aliphatic heterocycles. The summed E-state index contributed by atoms with van der Waals surface area (Å²) in [5.41, 5.74) is 0.451. The zero-order chi connectivity index (χ0) is 28.6. The number of non-ortho nitro benzene ring substituents is 1. The minimum atomic E-state index is -4.23. The van der Waals surface area contributed by atoms with Gasteiger partial charge in [0.2, 0.25) is 21.8 Å². The Morgan fingerprint density at radius 3 is 2.05 bits per heavy atom. The van der Waals surface area contributed by atoms with Gasteiger partial charge in [0.15, 0.2) is 0 Å². The first-order chi connectivity index (χ1) is 17.8. The molecule has 0 radical (unpaired) electrons. The number of nitro groups is 1. The summed E-state index contributed by atoms with van der Waals surface area (Å²) in [4.78, 5) is 48.4. The number of carbonyl (C=O) groups excluding carboxylic acids is 3. The summed E-state index contributed by atoms with van der Waals surface area (Å²) in [6, 6.07) is 9.85. The van der Waals surface area contributed by atoms with Crippen LogP contribution in [0.2, 0.25) is 0 Å². The topological polar surface area (TPSA) is 165 Å². The molecule has 2 aromatic carbocycles. The SMILES string of the molecule is COC(=O)[C@H](C)NC(=O)[C@H](Cc1ccccc1)NC(=O)[C@H](C(C)C)N(C)S(=O)(=O)c1ccc([N+](=O)[O-])cc1. The van der Waals surface area contributed by atoms with E-state index in [0.29, 0.717) is 0 Å². The van der Waals surface area contributed by atoms with Crippen LogP contribution in [0.25, 0.3) is 0 Å². The van der Waals surface area contributed by atoms with Crippen LogP contribution in [0, 0.1) is 16.0 Å². The molecule has 0 bridgehead atoms. The molecule has 206 valence electrons. The van der Waals surface area contributed by atoms with Crippen molar-refractivity contribution in [3.05, 3.63) is 70.3 Å². The zero-order valence-electron chi connectivity index (χ0n) is 21.8. The average molecular weight is 549 g/mol. The van der Waals surface area contributed by atoms with Gasteiger partial charge in [0.25, 0.3) is 5.69 Å². The molecule has 2 N–H and O–H groups in total. The fourth-order valence-corrected chi connectivity index (χ4v) is 5.26. The van der Waals surface area contributed by atoms with E-state index >= 15 is 0 Å². The Labute approximate surface area is 221 Å². The lowest BCUT2D eigenvalue weighted by molar-refractivity contribution is -0.384. The number of esters is 1. The van der Waals surface area contributed by atoms with E-state index in [1.54, 1.807) is 44.2 Å². The molecule has 0 unspecified atom stereocenters. The van der Waals surface area contributed by atoms with Gasteiger partial charge in [-0.15, -0.1) is 0 Å². The van der Waals surface area contributed by atoms with Crippen LogP contribution in [0.1, 0.15) is 26.3 Å². The van der Waals surface area contributed by atoms with Crippen LogP contribution in [0.4, 0.5) is 5.69 Å². The lowest BCUT2D eigenvalue weighted by Gasteiger charge is -2.31. The molecule has 0 aromatic heterocycles. The Kier molecular flexibility index (Phi) is 10.5. The summed E-state index contributed by atoms with van der Waals surface area (Å²) in [6.07, 6.45) is 0.0793. The predicted octanol–water partition coefficient (Wildman–Crippen LogP) is 1.65. The van der Waals surface area contributed by atoms with Crippen LogP contribution in [0.5, 0.6) is 0 Å². The summed E-state index contributed by atoms with van der Waals surface area (Å²) in [5, 5.41) is 16.1. The normalized spacial score (nSPS) is 13.9. The van der Waals surface area contributed by atoms with Gasteiger partial charge in [0.1, 0.15) is 18.1 Å². The van der Waals surface area contributed by atoms with Gasteiger partial charge in [-0.3, -0.25) is 19.7 Å². The van der Waals surface area contributed by atoms with Gasteiger partial charge in [-0.05, 0) is 30.5 Å². The number of carbonyl (C=O) groups is 3. The van der Waals surface area contributed by atoms with E-state index in [9.17, 15) is 32.9 Å². The minimum absolute atomic E-state index is 0.0793. The first-order valence-corrected chi connectivity index (χ1v) is 13.2. The Morgan fingerprint density at radius 1 is 0.974 bits per heavy atom. The molecule has 13 heteroatoms. The minimum Gasteiger partial charge on any atom is -0.467 e. The smallest absolute Gasteiger partial charge is 0.328 e. The second-order valence-corrected chi connectivity index (χ2v) is 11.0. The number of hydrogen-bond acceptors (Lipinski definition) is 8. The third kappa shape index (κ3) is 7.59. The van der Waals surface area contributed by atoms with Crippen molar-refractivity contribution < 1.29 is 32.5 Å². The first kappa shape index (κ1) is 30.4. The molecule has 38 heavy (non-hydrogen) atoms. The largest absolute Gasteiger partial charge is 0.467 e. The van der Waals surface area contributed by atoms with Gasteiger partial charge in [-0.25, -0.2) is 13.2 Å². The number of nitrogens with zero attached hydrogens (tertiary/aromatic N) is 2. The molecule has 0 fully saturated rings. The van der Waals surface area contributed by atoms with Crippen LogP contribution >= 0.6 is 0 Å². The number of benzene rings is 2. The lowest BCUT2D eigenvalue weighted by atomic mass is 10.0. The van der Waals surface area contributed by atoms with Crippen molar-refractivity contribution in [3.63, 3.8) is 0 Å². The van der Waals surface area contributed by atoms with E-state index in [-0.39, 0.29) is 17.0 Å². The van der Waals surface area contributed by atoms with E-state index in [1.165, 1.54) is 21.1 Å². The van der Waals surface area contributed by atoms with Gasteiger partial charge >= 0.3 is 5.97 Å². The van der Waals surface area contributed by atoms with Crippen molar-refractivity contribution >= 4 is 33.5 Å². The fourth-order valence-electron chi connectivity index (χ4n) is 3.81. The highest BCUT2D eigenvalue weighted by molar-refractivity contribution is 7.89. The molecule has 2 rings (SSSR count). The summed E-state index contributed by atoms with van der Waals surface area (Å²) >= 11 is 0. The number of methoxy groups -OCH3 is 1. The number of amides is 2. The summed E-state index contributed by atoms with van der Waals surface area (Å²) in [7, 11) is -1.82. The number of hydrogen-bond donors (Lipinski definition) is 2. The number of ether oxygens (including phenoxy) is 1. The molecule has 0 spiro atoms. The second kappa shape index (κ2) is 13.1. The highest BCUT2D eigenvalue weighted by Gasteiger charge is 2.37. The Morgan fingerprint density at radius 2 is 1.55 bits per heavy atom. The van der Waals surface area contributed by atoms with Gasteiger partial charge in [-0.2, -0.15) is 4.31 Å². The molecule has 2 amide bonds. The van der Waals surface area contributed by atoms with E-state index in [1.807, 2.05) is 0 Å². The number of nitro benzene ring substituents is 1. The average Bonchev–Trinajstić information content (AvgIpc) is 2.88. The van der Waals surface area contributed by atoms with Gasteiger partial charge in [-0.1, -0.05) is 44.2 Å². The van der Waals surface area contributed by atoms with Crippen LogP contribution in [0.3, 0.4) is 0 Å². The Bertz CT molecular complexity index is 1250. The van der Waals surface area contributed by atoms with Crippen LogP contribution < -0.4 is 10.6 Å². The maximum Gasteiger partial charge on any atom is 0.328 e. The Balaban J connectivity index is 2.34. The van der Waals surface area contributed by atoms with Crippen molar-refractivity contribution in [1.29, 1.82) is 0 Å². The van der Waals surface area contributed by atoms with Gasteiger partial charge in [0.05, 0.1) is 16.9 Å². The van der Waals surface area contributed by atoms with Crippen molar-refractivity contribution in [1.82, 2.24) is 14.9 Å². The molecule has 0 saturated heterocycles. The van der Waals surface area contributed by atoms with Crippen LogP contribution in [0.15, 0.2) is 59.5 Å². The molecular formula is C25H32N4O8S. The quantitative estimate of drug-likeness (QED) is 0.230. The molecule has 0 aliphatic rings. The molecule has 3 atom stereocenters. The number of sulfonamides is 1. The Hall–Kier alpha value is -3.84. The van der Waals surface area contributed by atoms with Gasteiger partial charge in [0, 0.05) is 25.6 Å². The molecule has 12 nitrogen and oxygen atoms in total. The summed E-state index contributed by atoms with van der Waals surface area (Å²) in [6.45, 7) is 4.74. The van der Waals surface area contributed by atoms with E-state index in [0.717, 1.165) is 34.1 Å². The van der Waals surface area contributed by atoms with Crippen molar-refractivity contribution in [2.75, 3.05) is 14.2 Å². The van der Waals surface area contributed by atoms with E-state index in [4.69, 9.17) is 0 Å². The third-order valence-corrected chi connectivity index (χ3v) is 7.70. The van der Waals surface area contributed by atoms with Crippen molar-refractivity contribution in [3.8, 4) is 0 Å². The number of likely N-dealkylation sites (N-methyl/N-ethyl adjacent to an activating group) is 1. The maximum atomic E-state index is 13.5. The van der Waals surface area contributed by atoms with E-state index in [2.05, 4.69) is 15.4 Å². The molecule has 0 heterocycles. The summed E-state index contributed by atoms with van der Waals surface area (Å²) in [5.74, 6) is -2.56. The van der Waals surface area contributed by atoms with Crippen molar-refractivity contribution in [2.24, 2.45) is 5.92 Å². The van der Waals surface area contributed by atoms with Crippen LogP contribution in [-0.2, 0) is 35.6 Å². The standard InChI is InChI=1S/C25H32N4O8S/c1-16(2)22(28(4)38(35,36)20-13-11-19(12-14-20)29(33)34)24(31)27-21(15-18-9-7-6-8-10-18)23(30)26-17(3)25(32)37-5/h6-14,16-17,21-22H,15H2,1-5H3,(H,26,30)(H,27,31)/t17-,21-,22-/m0/s1. The maximum absolute atomic E-state index is 13.5. The molecule has 0 saturated carbocycles. The monoisotopic (exact) mass is 548 g/mol. The lowest BCUT2D eigenvalue weighted by Crippen LogP contribution is -2.57. The number of nitrogens with one attached hydrogen (secondary N) is 2. The first-order valence-electron chi connectivity index (χ1n) is 11.7. The highest BCUT2D eigenvalue weighted by Crippen LogP contribution is 2.23. The molecular weight excluding hydrogens is 516 g/mol. The summed E-state index contributed by atoms with van der Waals surface area (Å²) < 4.78 is 32.1. The number of rotatable bonds is 12. The zero-order valence-corrected chi connectivity index (χ0v) is 22.6. The van der Waals surface area contributed by atoms with E-state index < -0.39 is 56.8 Å². The van der Waals surface area contributed by atoms with Gasteiger partial charge < -0.3 is 15.4 Å². The molecule has 2 aromatic rings. The van der Waals surface area contributed by atoms with Crippen LogP contribution in [-0.4, -0.2) is 67.7 Å². The molecule has 0 aliphatic carbocycles. The fraction of sp³-hybridized carbons (Fsp3) is 0.400. The van der Waals surface area contributed by atoms with Crippen molar-refractivity contribution in [2.45, 2.75) is 50.2 Å². The second-order valence-electron chi connectivity index (χ2n) is 8.97. The third-order valence-electron chi connectivity index (χ3n) is 5.85. The highest BCUT2D eigenvalue weighted by atomic mass is 32.2.